The van der Waals surface area contributed by atoms with Gasteiger partial charge in [0.15, 0.2) is 5.69 Å². The second-order valence-electron chi connectivity index (χ2n) is 4.85. The van der Waals surface area contributed by atoms with Crippen LogP contribution in [0.5, 0.6) is 5.88 Å². The summed E-state index contributed by atoms with van der Waals surface area (Å²) in [6.45, 7) is 2.84. The molecule has 114 valence electrons. The number of unbranched alkanes of at least 4 members (excludes halogenated alkanes) is 1. The molecule has 0 atom stereocenters. The predicted octanol–water partition coefficient (Wildman–Crippen LogP) is 5.67. The van der Waals surface area contributed by atoms with Crippen LogP contribution in [0, 0.1) is 0 Å². The minimum absolute atomic E-state index is 0.117. The fraction of sp³-hybridized carbons (Fsp3) is 0.267. The largest absolute Gasteiger partial charge is 0.493 e. The molecule has 0 aliphatic heterocycles. The Hall–Kier alpha value is -1.92. The highest BCUT2D eigenvalue weighted by Gasteiger charge is 2.16. The second-order valence-corrected chi connectivity index (χ2v) is 6.16. The van der Waals surface area contributed by atoms with Crippen LogP contribution in [0.3, 0.4) is 0 Å². The van der Waals surface area contributed by atoms with E-state index in [4.69, 9.17) is 11.6 Å². The molecular formula is C15H15ClN4OS. The molecule has 0 aliphatic rings. The summed E-state index contributed by atoms with van der Waals surface area (Å²) in [5.74, 6) is 0.117. The van der Waals surface area contributed by atoms with Crippen LogP contribution < -0.4 is 0 Å². The first-order valence-electron chi connectivity index (χ1n) is 7.02. The van der Waals surface area contributed by atoms with Crippen molar-refractivity contribution < 1.29 is 5.11 Å². The minimum atomic E-state index is 0.117. The number of fused-ring (bicyclic) bond motifs is 1. The summed E-state index contributed by atoms with van der Waals surface area (Å²) in [6, 6.07) is 5.51. The summed E-state index contributed by atoms with van der Waals surface area (Å²) in [6.07, 6.45) is 3.69. The maximum atomic E-state index is 10.5. The summed E-state index contributed by atoms with van der Waals surface area (Å²) < 4.78 is 1.85. The van der Waals surface area contributed by atoms with Crippen LogP contribution in [-0.2, 0) is 6.54 Å². The van der Waals surface area contributed by atoms with Crippen molar-refractivity contribution in [2.45, 2.75) is 26.3 Å². The molecule has 0 fully saturated rings. The van der Waals surface area contributed by atoms with Gasteiger partial charge in [0.25, 0.3) is 0 Å². The van der Waals surface area contributed by atoms with Crippen molar-refractivity contribution in [1.29, 1.82) is 0 Å². The van der Waals surface area contributed by atoms with Crippen molar-refractivity contribution in [3.05, 3.63) is 34.8 Å². The molecule has 0 saturated carbocycles. The molecule has 0 radical (unpaired) electrons. The van der Waals surface area contributed by atoms with Gasteiger partial charge in [0.05, 0.1) is 5.52 Å². The lowest BCUT2D eigenvalue weighted by atomic mass is 10.2. The molecule has 2 heterocycles. The maximum absolute atomic E-state index is 10.5. The van der Waals surface area contributed by atoms with Crippen molar-refractivity contribution in [3.63, 3.8) is 0 Å². The molecule has 3 rings (SSSR count). The predicted molar refractivity (Wildman–Crippen MR) is 89.8 cm³/mol. The zero-order valence-electron chi connectivity index (χ0n) is 12.0. The smallest absolute Gasteiger partial charge is 0.229 e. The van der Waals surface area contributed by atoms with Crippen molar-refractivity contribution >= 4 is 44.7 Å². The monoisotopic (exact) mass is 334 g/mol. The van der Waals surface area contributed by atoms with E-state index in [0.717, 1.165) is 30.3 Å². The van der Waals surface area contributed by atoms with E-state index in [-0.39, 0.29) is 5.88 Å². The molecule has 0 spiro atoms. The summed E-state index contributed by atoms with van der Waals surface area (Å²) in [7, 11) is 0. The number of aromatic hydroxyl groups is 1. The highest BCUT2D eigenvalue weighted by atomic mass is 35.5. The lowest BCUT2D eigenvalue weighted by molar-refractivity contribution is 0.418. The first-order chi connectivity index (χ1) is 10.7. The molecular weight excluding hydrogens is 320 g/mol. The van der Waals surface area contributed by atoms with Crippen LogP contribution >= 0.6 is 22.9 Å². The molecule has 0 bridgehead atoms. The highest BCUT2D eigenvalue weighted by Crippen LogP contribution is 2.40. The van der Waals surface area contributed by atoms with Gasteiger partial charge < -0.3 is 9.67 Å². The number of nitrogens with zero attached hydrogens (tertiary/aromatic N) is 4. The Kier molecular flexibility index (Phi) is 4.40. The fourth-order valence-electron chi connectivity index (χ4n) is 2.29. The number of aromatic nitrogens is 2. The van der Waals surface area contributed by atoms with Crippen LogP contribution in [-0.4, -0.2) is 14.7 Å². The first-order valence-corrected chi connectivity index (χ1v) is 8.28. The molecule has 7 heteroatoms. The van der Waals surface area contributed by atoms with Crippen molar-refractivity contribution in [1.82, 2.24) is 9.55 Å². The number of halogens is 1. The average Bonchev–Trinajstić information content (AvgIpc) is 3.10. The van der Waals surface area contributed by atoms with Crippen molar-refractivity contribution in [3.8, 4) is 5.88 Å². The highest BCUT2D eigenvalue weighted by molar-refractivity contribution is 7.13. The molecule has 3 aromatic rings. The van der Waals surface area contributed by atoms with E-state index in [9.17, 15) is 5.11 Å². The van der Waals surface area contributed by atoms with Crippen LogP contribution in [0.2, 0.25) is 5.02 Å². The van der Waals surface area contributed by atoms with Crippen LogP contribution in [0.1, 0.15) is 19.8 Å². The molecule has 0 aliphatic carbocycles. The standard InChI is InChI=1S/C15H15ClN4OS/c1-2-3-7-20-12-5-4-10(16)9-11(12)13(14(20)21)18-19-15-17-6-8-22-15/h4-6,8-9,21H,2-3,7H2,1H3. The van der Waals surface area contributed by atoms with Gasteiger partial charge in [-0.25, -0.2) is 4.98 Å². The molecule has 0 saturated heterocycles. The number of thiazole rings is 1. The topological polar surface area (TPSA) is 62.8 Å². The quantitative estimate of drug-likeness (QED) is 0.611. The summed E-state index contributed by atoms with van der Waals surface area (Å²) in [5.41, 5.74) is 1.34. The molecule has 22 heavy (non-hydrogen) atoms. The molecule has 1 aromatic carbocycles. The Bertz CT molecular complexity index is 811. The molecule has 0 amide bonds. The van der Waals surface area contributed by atoms with E-state index in [2.05, 4.69) is 22.1 Å². The number of rotatable bonds is 5. The zero-order valence-corrected chi connectivity index (χ0v) is 13.6. The SMILES string of the molecule is CCCCn1c(O)c(N=Nc2nccs2)c2cc(Cl)ccc21. The third-order valence-corrected chi connectivity index (χ3v) is 4.25. The number of aryl methyl sites for hydroxylation is 1. The Morgan fingerprint density at radius 1 is 1.36 bits per heavy atom. The van der Waals surface area contributed by atoms with Gasteiger partial charge in [-0.05, 0) is 24.6 Å². The normalized spacial score (nSPS) is 11.7. The van der Waals surface area contributed by atoms with Gasteiger partial charge in [-0.1, -0.05) is 24.9 Å². The van der Waals surface area contributed by atoms with E-state index in [1.807, 2.05) is 22.1 Å². The molecule has 1 N–H and O–H groups in total. The van der Waals surface area contributed by atoms with E-state index in [1.165, 1.54) is 11.3 Å². The van der Waals surface area contributed by atoms with Crippen molar-refractivity contribution in [2.75, 3.05) is 0 Å². The van der Waals surface area contributed by atoms with E-state index in [1.54, 1.807) is 12.3 Å². The van der Waals surface area contributed by atoms with E-state index >= 15 is 0 Å². The number of hydrogen-bond acceptors (Lipinski definition) is 5. The van der Waals surface area contributed by atoms with E-state index < -0.39 is 0 Å². The van der Waals surface area contributed by atoms with Crippen molar-refractivity contribution in [2.24, 2.45) is 10.2 Å². The Balaban J connectivity index is 2.11. The van der Waals surface area contributed by atoms with Gasteiger partial charge in [0, 0.05) is 28.5 Å². The Morgan fingerprint density at radius 2 is 2.23 bits per heavy atom. The third-order valence-electron chi connectivity index (χ3n) is 3.36. The minimum Gasteiger partial charge on any atom is -0.493 e. The summed E-state index contributed by atoms with van der Waals surface area (Å²) in [5, 5.41) is 22.6. The summed E-state index contributed by atoms with van der Waals surface area (Å²) in [4.78, 5) is 4.06. The molecule has 0 unspecified atom stereocenters. The Labute approximate surface area is 136 Å². The zero-order chi connectivity index (χ0) is 15.5. The average molecular weight is 335 g/mol. The number of benzene rings is 1. The Morgan fingerprint density at radius 3 is 2.95 bits per heavy atom. The van der Waals surface area contributed by atoms with Gasteiger partial charge in [0.1, 0.15) is 0 Å². The third kappa shape index (κ3) is 2.84. The molecule has 2 aromatic heterocycles. The fourth-order valence-corrected chi connectivity index (χ4v) is 2.92. The summed E-state index contributed by atoms with van der Waals surface area (Å²) >= 11 is 7.47. The lowest BCUT2D eigenvalue weighted by Gasteiger charge is -2.05. The van der Waals surface area contributed by atoms with Gasteiger partial charge in [0.2, 0.25) is 11.0 Å². The maximum Gasteiger partial charge on any atom is 0.229 e. The van der Waals surface area contributed by atoms with Gasteiger partial charge in [-0.15, -0.1) is 21.6 Å². The van der Waals surface area contributed by atoms with Crippen LogP contribution in [0.4, 0.5) is 10.8 Å². The molecule has 5 nitrogen and oxygen atoms in total. The van der Waals surface area contributed by atoms with Gasteiger partial charge in [-0.2, -0.15) is 0 Å². The van der Waals surface area contributed by atoms with Gasteiger partial charge >= 0.3 is 0 Å². The van der Waals surface area contributed by atoms with Crippen LogP contribution in [0.25, 0.3) is 10.9 Å². The van der Waals surface area contributed by atoms with Gasteiger partial charge in [-0.3, -0.25) is 0 Å². The number of hydrogen-bond donors (Lipinski definition) is 1. The second kappa shape index (κ2) is 6.46. The first kappa shape index (κ1) is 15.0. The van der Waals surface area contributed by atoms with Crippen LogP contribution in [0.15, 0.2) is 40.0 Å². The van der Waals surface area contributed by atoms with E-state index in [0.29, 0.717) is 15.8 Å². The lowest BCUT2D eigenvalue weighted by Crippen LogP contribution is -1.96. The number of azo groups is 1.